The first kappa shape index (κ1) is 21.4. The topological polar surface area (TPSA) is 68.3 Å². The van der Waals surface area contributed by atoms with E-state index in [1.165, 1.54) is 29.5 Å². The molecule has 0 spiro atoms. The molecule has 0 bridgehead atoms. The summed E-state index contributed by atoms with van der Waals surface area (Å²) in [5, 5.41) is 5.70. The molecule has 1 N–H and O–H groups in total. The van der Waals surface area contributed by atoms with Crippen LogP contribution in [0.4, 0.5) is 4.39 Å². The number of halogens is 1. The molecular weight excluding hydrogens is 427 g/mol. The molecule has 0 aliphatic carbocycles. The lowest BCUT2D eigenvalue weighted by Crippen LogP contribution is -2.32. The number of rotatable bonds is 7. The van der Waals surface area contributed by atoms with Gasteiger partial charge in [-0.2, -0.15) is 0 Å². The molecule has 0 radical (unpaired) electrons. The van der Waals surface area contributed by atoms with Crippen LogP contribution in [0.3, 0.4) is 0 Å². The van der Waals surface area contributed by atoms with Crippen molar-refractivity contribution in [2.45, 2.75) is 6.04 Å². The van der Waals surface area contributed by atoms with Crippen molar-refractivity contribution in [1.82, 2.24) is 10.3 Å². The maximum absolute atomic E-state index is 13.3. The maximum Gasteiger partial charge on any atom is 0.331 e. The van der Waals surface area contributed by atoms with Crippen LogP contribution >= 0.6 is 11.3 Å². The number of carbonyl (C=O) groups excluding carboxylic acids is 2. The molecule has 4 aromatic rings. The number of amides is 1. The molecule has 1 atom stereocenters. The van der Waals surface area contributed by atoms with E-state index in [0.29, 0.717) is 0 Å². The van der Waals surface area contributed by atoms with Gasteiger partial charge in [0.25, 0.3) is 5.91 Å². The monoisotopic (exact) mass is 446 g/mol. The normalized spacial score (nSPS) is 12.0. The number of pyridine rings is 1. The molecule has 0 fully saturated rings. The van der Waals surface area contributed by atoms with Crippen molar-refractivity contribution in [2.24, 2.45) is 0 Å². The summed E-state index contributed by atoms with van der Waals surface area (Å²) < 4.78 is 18.4. The lowest BCUT2D eigenvalue weighted by molar-refractivity contribution is -0.143. The first-order valence-corrected chi connectivity index (χ1v) is 10.7. The number of nitrogens with one attached hydrogen (secondary N) is 1. The molecule has 0 aliphatic heterocycles. The molecule has 5 nitrogen and oxygen atoms in total. The number of ether oxygens (including phenoxy) is 1. The second kappa shape index (κ2) is 9.98. The Balaban J connectivity index is 1.38. The predicted molar refractivity (Wildman–Crippen MR) is 122 cm³/mol. The fourth-order valence-corrected chi connectivity index (χ4v) is 4.04. The van der Waals surface area contributed by atoms with Gasteiger partial charge < -0.3 is 10.1 Å². The average Bonchev–Trinajstić information content (AvgIpc) is 3.35. The highest BCUT2D eigenvalue weighted by atomic mass is 32.1. The number of hydrogen-bond acceptors (Lipinski definition) is 5. The lowest BCUT2D eigenvalue weighted by Gasteiger charge is -2.18. The van der Waals surface area contributed by atoms with E-state index in [2.05, 4.69) is 10.3 Å². The van der Waals surface area contributed by atoms with E-state index in [-0.39, 0.29) is 5.82 Å². The van der Waals surface area contributed by atoms with Gasteiger partial charge in [0, 0.05) is 28.1 Å². The number of benzene rings is 2. The Labute approximate surface area is 188 Å². The van der Waals surface area contributed by atoms with Crippen molar-refractivity contribution in [3.05, 3.63) is 106 Å². The zero-order valence-corrected chi connectivity index (χ0v) is 17.7. The zero-order valence-electron chi connectivity index (χ0n) is 16.9. The second-order valence-corrected chi connectivity index (χ2v) is 7.91. The van der Waals surface area contributed by atoms with Crippen LogP contribution in [0.2, 0.25) is 0 Å². The highest BCUT2D eigenvalue weighted by Gasteiger charge is 2.18. The van der Waals surface area contributed by atoms with Crippen LogP contribution in [0.25, 0.3) is 17.0 Å². The van der Waals surface area contributed by atoms with E-state index in [0.717, 1.165) is 26.9 Å². The molecule has 4 rings (SSSR count). The molecule has 0 saturated heterocycles. The van der Waals surface area contributed by atoms with Crippen molar-refractivity contribution < 1.29 is 18.7 Å². The number of para-hydroxylation sites is 1. The van der Waals surface area contributed by atoms with E-state index >= 15 is 0 Å². The van der Waals surface area contributed by atoms with Crippen LogP contribution in [0.5, 0.6) is 0 Å². The average molecular weight is 447 g/mol. The summed E-state index contributed by atoms with van der Waals surface area (Å²) in [5.41, 5.74) is 2.28. The Hall–Kier alpha value is -3.84. The van der Waals surface area contributed by atoms with Gasteiger partial charge in [-0.15, -0.1) is 11.3 Å². The van der Waals surface area contributed by atoms with Gasteiger partial charge in [-0.3, -0.25) is 9.78 Å². The number of carbonyl (C=O) groups is 2. The third-order valence-corrected chi connectivity index (χ3v) is 5.68. The number of nitrogens with zero attached hydrogens (tertiary/aromatic N) is 1. The minimum Gasteiger partial charge on any atom is -0.452 e. The number of aromatic nitrogens is 1. The van der Waals surface area contributed by atoms with Crippen molar-refractivity contribution in [1.29, 1.82) is 0 Å². The Bertz CT molecular complexity index is 1250. The number of thiophene rings is 1. The van der Waals surface area contributed by atoms with E-state index in [1.54, 1.807) is 24.4 Å². The Kier molecular flexibility index (Phi) is 6.67. The molecule has 0 saturated carbocycles. The van der Waals surface area contributed by atoms with Crippen molar-refractivity contribution in [3.63, 3.8) is 0 Å². The Morgan fingerprint density at radius 2 is 1.88 bits per heavy atom. The number of hydrogen-bond donors (Lipinski definition) is 1. The summed E-state index contributed by atoms with van der Waals surface area (Å²) in [6.07, 6.45) is 4.57. The minimum atomic E-state index is -0.637. The van der Waals surface area contributed by atoms with Gasteiger partial charge >= 0.3 is 5.97 Å². The molecule has 7 heteroatoms. The van der Waals surface area contributed by atoms with E-state index in [9.17, 15) is 14.0 Å². The van der Waals surface area contributed by atoms with Gasteiger partial charge in [-0.05, 0) is 41.3 Å². The van der Waals surface area contributed by atoms with Crippen LogP contribution in [-0.2, 0) is 14.3 Å². The summed E-state index contributed by atoms with van der Waals surface area (Å²) in [5.74, 6) is -1.45. The molecule has 0 aliphatic rings. The highest BCUT2D eigenvalue weighted by Crippen LogP contribution is 2.26. The van der Waals surface area contributed by atoms with E-state index in [1.807, 2.05) is 47.8 Å². The van der Waals surface area contributed by atoms with Crippen molar-refractivity contribution in [2.75, 3.05) is 6.61 Å². The summed E-state index contributed by atoms with van der Waals surface area (Å²) >= 11 is 1.47. The first-order chi connectivity index (χ1) is 15.6. The van der Waals surface area contributed by atoms with Crippen LogP contribution in [0.1, 0.15) is 22.0 Å². The highest BCUT2D eigenvalue weighted by molar-refractivity contribution is 7.10. The Morgan fingerprint density at radius 3 is 2.66 bits per heavy atom. The van der Waals surface area contributed by atoms with Crippen LogP contribution in [0, 0.1) is 5.82 Å². The molecule has 32 heavy (non-hydrogen) atoms. The maximum atomic E-state index is 13.3. The summed E-state index contributed by atoms with van der Waals surface area (Å²) in [6, 6.07) is 18.7. The van der Waals surface area contributed by atoms with Crippen LogP contribution in [0.15, 0.2) is 84.4 Å². The van der Waals surface area contributed by atoms with Gasteiger partial charge in [0.1, 0.15) is 5.82 Å². The van der Waals surface area contributed by atoms with E-state index < -0.39 is 24.5 Å². The Morgan fingerprint density at radius 1 is 1.06 bits per heavy atom. The van der Waals surface area contributed by atoms with Gasteiger partial charge in [0.15, 0.2) is 6.61 Å². The number of esters is 1. The SMILES string of the molecule is O=C(COC(=O)/C=C\c1cccc2cccnc12)N[C@@H](c1ccc(F)cc1)c1cccs1. The largest absolute Gasteiger partial charge is 0.452 e. The summed E-state index contributed by atoms with van der Waals surface area (Å²) in [4.78, 5) is 29.8. The molecule has 2 heterocycles. The third-order valence-electron chi connectivity index (χ3n) is 4.74. The first-order valence-electron chi connectivity index (χ1n) is 9.87. The van der Waals surface area contributed by atoms with Gasteiger partial charge in [-0.1, -0.05) is 42.5 Å². The van der Waals surface area contributed by atoms with Crippen molar-refractivity contribution in [3.8, 4) is 0 Å². The fourth-order valence-electron chi connectivity index (χ4n) is 3.24. The standard InChI is InChI=1S/C25H19FN2O3S/c26-20-11-8-19(9-12-20)25(21-7-3-15-32-21)28-22(29)16-31-23(30)13-10-18-5-1-4-17-6-2-14-27-24(17)18/h1-15,25H,16H2,(H,28,29)/b13-10-/t25-/m0/s1. The molecule has 0 unspecified atom stereocenters. The number of fused-ring (bicyclic) bond motifs is 1. The zero-order chi connectivity index (χ0) is 22.3. The van der Waals surface area contributed by atoms with Crippen molar-refractivity contribution >= 4 is 40.2 Å². The molecule has 160 valence electrons. The molecule has 2 aromatic carbocycles. The smallest absolute Gasteiger partial charge is 0.331 e. The molecule has 1 amide bonds. The van der Waals surface area contributed by atoms with Crippen LogP contribution in [-0.4, -0.2) is 23.5 Å². The lowest BCUT2D eigenvalue weighted by atomic mass is 10.1. The predicted octanol–water partition coefficient (Wildman–Crippen LogP) is 4.90. The van der Waals surface area contributed by atoms with Gasteiger partial charge in [0.2, 0.25) is 0 Å². The van der Waals surface area contributed by atoms with Crippen LogP contribution < -0.4 is 5.32 Å². The summed E-state index contributed by atoms with van der Waals surface area (Å²) in [6.45, 7) is -0.431. The third kappa shape index (κ3) is 5.25. The quantitative estimate of drug-likeness (QED) is 0.324. The fraction of sp³-hybridized carbons (Fsp3) is 0.0800. The molecular formula is C25H19FN2O3S. The van der Waals surface area contributed by atoms with E-state index in [4.69, 9.17) is 4.74 Å². The van der Waals surface area contributed by atoms with Gasteiger partial charge in [-0.25, -0.2) is 9.18 Å². The molecule has 2 aromatic heterocycles. The van der Waals surface area contributed by atoms with Gasteiger partial charge in [0.05, 0.1) is 11.6 Å². The summed E-state index contributed by atoms with van der Waals surface area (Å²) in [7, 11) is 0. The minimum absolute atomic E-state index is 0.355. The second-order valence-electron chi connectivity index (χ2n) is 6.93.